The van der Waals surface area contributed by atoms with E-state index in [1.54, 1.807) is 0 Å². The predicted octanol–water partition coefficient (Wildman–Crippen LogP) is 2.84. The normalized spacial score (nSPS) is 12.1. The molecule has 1 aromatic rings. The molecular formula is C14H19NS. The van der Waals surface area contributed by atoms with Gasteiger partial charge in [-0.1, -0.05) is 42.7 Å². The Balaban J connectivity index is 2.26. The van der Waals surface area contributed by atoms with Gasteiger partial charge in [0.15, 0.2) is 0 Å². The summed E-state index contributed by atoms with van der Waals surface area (Å²) in [6.07, 6.45) is 5.18. The first-order valence-corrected chi connectivity index (χ1v) is 6.58. The van der Waals surface area contributed by atoms with Gasteiger partial charge < -0.3 is 5.32 Å². The van der Waals surface area contributed by atoms with Gasteiger partial charge in [0, 0.05) is 17.5 Å². The molecule has 0 heterocycles. The molecule has 0 aliphatic carbocycles. The molecular weight excluding hydrogens is 214 g/mol. The molecule has 0 spiro atoms. The number of hydrogen-bond donors (Lipinski definition) is 1. The smallest absolute Gasteiger partial charge is 0.0574 e. The highest BCUT2D eigenvalue weighted by molar-refractivity contribution is 7.99. The third-order valence-electron chi connectivity index (χ3n) is 2.28. The van der Waals surface area contributed by atoms with E-state index in [0.717, 1.165) is 12.3 Å². The van der Waals surface area contributed by atoms with E-state index in [1.807, 2.05) is 11.8 Å². The predicted molar refractivity (Wildman–Crippen MR) is 73.6 cm³/mol. The molecule has 0 saturated heterocycles. The SMILES string of the molecule is C#CCNCC(C)SCc1cccc(C)c1. The highest BCUT2D eigenvalue weighted by Crippen LogP contribution is 2.17. The van der Waals surface area contributed by atoms with Gasteiger partial charge in [0.05, 0.1) is 6.54 Å². The average Bonchev–Trinajstić information content (AvgIpc) is 2.27. The number of hydrogen-bond acceptors (Lipinski definition) is 2. The lowest BCUT2D eigenvalue weighted by molar-refractivity contribution is 0.748. The second-order valence-corrected chi connectivity index (χ2v) is 5.37. The first-order chi connectivity index (χ1) is 7.72. The van der Waals surface area contributed by atoms with E-state index >= 15 is 0 Å². The van der Waals surface area contributed by atoms with Gasteiger partial charge in [-0.05, 0) is 12.5 Å². The van der Waals surface area contributed by atoms with E-state index < -0.39 is 0 Å². The van der Waals surface area contributed by atoms with Gasteiger partial charge in [0.25, 0.3) is 0 Å². The van der Waals surface area contributed by atoms with Crippen molar-refractivity contribution in [2.75, 3.05) is 13.1 Å². The van der Waals surface area contributed by atoms with Crippen molar-refractivity contribution in [2.45, 2.75) is 24.9 Å². The fourth-order valence-corrected chi connectivity index (χ4v) is 2.34. The zero-order valence-electron chi connectivity index (χ0n) is 9.99. The maximum atomic E-state index is 5.18. The molecule has 1 nitrogen and oxygen atoms in total. The summed E-state index contributed by atoms with van der Waals surface area (Å²) in [5.41, 5.74) is 2.73. The van der Waals surface area contributed by atoms with Crippen LogP contribution in [-0.4, -0.2) is 18.3 Å². The molecule has 0 aromatic heterocycles. The zero-order valence-corrected chi connectivity index (χ0v) is 10.8. The van der Waals surface area contributed by atoms with Crippen molar-refractivity contribution < 1.29 is 0 Å². The Kier molecular flexibility index (Phi) is 6.07. The number of rotatable bonds is 6. The fraction of sp³-hybridized carbons (Fsp3) is 0.429. The van der Waals surface area contributed by atoms with Crippen LogP contribution in [0, 0.1) is 19.3 Å². The minimum absolute atomic E-state index is 0.592. The summed E-state index contributed by atoms with van der Waals surface area (Å²) in [5.74, 6) is 3.65. The summed E-state index contributed by atoms with van der Waals surface area (Å²) in [6, 6.07) is 8.68. The zero-order chi connectivity index (χ0) is 11.8. The Morgan fingerprint density at radius 1 is 1.50 bits per heavy atom. The van der Waals surface area contributed by atoms with E-state index in [9.17, 15) is 0 Å². The van der Waals surface area contributed by atoms with Gasteiger partial charge in [-0.25, -0.2) is 0 Å². The van der Waals surface area contributed by atoms with Crippen LogP contribution >= 0.6 is 11.8 Å². The van der Waals surface area contributed by atoms with E-state index in [4.69, 9.17) is 6.42 Å². The minimum atomic E-state index is 0.592. The summed E-state index contributed by atoms with van der Waals surface area (Å²) < 4.78 is 0. The highest BCUT2D eigenvalue weighted by atomic mass is 32.2. The molecule has 16 heavy (non-hydrogen) atoms. The van der Waals surface area contributed by atoms with Crippen LogP contribution in [0.25, 0.3) is 0 Å². The Morgan fingerprint density at radius 3 is 3.00 bits per heavy atom. The summed E-state index contributed by atoms with van der Waals surface area (Å²) in [7, 11) is 0. The van der Waals surface area contributed by atoms with Gasteiger partial charge in [-0.3, -0.25) is 0 Å². The molecule has 0 aliphatic rings. The number of aryl methyl sites for hydroxylation is 1. The highest BCUT2D eigenvalue weighted by Gasteiger charge is 2.02. The van der Waals surface area contributed by atoms with Crippen molar-refractivity contribution in [1.29, 1.82) is 0 Å². The molecule has 1 N–H and O–H groups in total. The monoisotopic (exact) mass is 233 g/mol. The molecule has 0 fully saturated rings. The second-order valence-electron chi connectivity index (χ2n) is 3.95. The van der Waals surface area contributed by atoms with Crippen LogP contribution in [0.2, 0.25) is 0 Å². The lowest BCUT2D eigenvalue weighted by Crippen LogP contribution is -2.22. The molecule has 2 heteroatoms. The van der Waals surface area contributed by atoms with Gasteiger partial charge in [-0.2, -0.15) is 11.8 Å². The third-order valence-corrected chi connectivity index (χ3v) is 3.51. The van der Waals surface area contributed by atoms with Gasteiger partial charge in [0.1, 0.15) is 0 Å². The van der Waals surface area contributed by atoms with Crippen LogP contribution in [0.1, 0.15) is 18.1 Å². The molecule has 1 aromatic carbocycles. The Morgan fingerprint density at radius 2 is 2.31 bits per heavy atom. The topological polar surface area (TPSA) is 12.0 Å². The van der Waals surface area contributed by atoms with Crippen molar-refractivity contribution in [3.8, 4) is 12.3 Å². The summed E-state index contributed by atoms with van der Waals surface area (Å²) in [5, 5.41) is 3.82. The fourth-order valence-electron chi connectivity index (χ4n) is 1.45. The Labute approximate surface area is 103 Å². The van der Waals surface area contributed by atoms with Gasteiger partial charge in [0.2, 0.25) is 0 Å². The largest absolute Gasteiger partial charge is 0.305 e. The van der Waals surface area contributed by atoms with E-state index in [1.165, 1.54) is 11.1 Å². The van der Waals surface area contributed by atoms with Crippen LogP contribution in [0.15, 0.2) is 24.3 Å². The van der Waals surface area contributed by atoms with Crippen LogP contribution in [-0.2, 0) is 5.75 Å². The van der Waals surface area contributed by atoms with Gasteiger partial charge in [-0.15, -0.1) is 6.42 Å². The van der Waals surface area contributed by atoms with Crippen molar-refractivity contribution in [1.82, 2.24) is 5.32 Å². The maximum absolute atomic E-state index is 5.18. The van der Waals surface area contributed by atoms with E-state index in [0.29, 0.717) is 11.8 Å². The molecule has 0 radical (unpaired) electrons. The Bertz CT molecular complexity index is 354. The Hall–Kier alpha value is -0.910. The van der Waals surface area contributed by atoms with Crippen molar-refractivity contribution in [3.63, 3.8) is 0 Å². The standard InChI is InChI=1S/C14H19NS/c1-4-8-15-10-13(3)16-11-14-7-5-6-12(2)9-14/h1,5-7,9,13,15H,8,10-11H2,2-3H3. The van der Waals surface area contributed by atoms with Crippen molar-refractivity contribution in [2.24, 2.45) is 0 Å². The van der Waals surface area contributed by atoms with Crippen molar-refractivity contribution in [3.05, 3.63) is 35.4 Å². The maximum Gasteiger partial charge on any atom is 0.0574 e. The van der Waals surface area contributed by atoms with E-state index in [-0.39, 0.29) is 0 Å². The number of terminal acetylenes is 1. The molecule has 1 rings (SSSR count). The number of thioether (sulfide) groups is 1. The molecule has 1 unspecified atom stereocenters. The number of nitrogens with one attached hydrogen (secondary N) is 1. The summed E-state index contributed by atoms with van der Waals surface area (Å²) in [4.78, 5) is 0. The molecule has 0 amide bonds. The van der Waals surface area contributed by atoms with E-state index in [2.05, 4.69) is 49.4 Å². The molecule has 86 valence electrons. The minimum Gasteiger partial charge on any atom is -0.305 e. The second kappa shape index (κ2) is 7.38. The first-order valence-electron chi connectivity index (χ1n) is 5.53. The lowest BCUT2D eigenvalue weighted by atomic mass is 10.2. The van der Waals surface area contributed by atoms with Gasteiger partial charge >= 0.3 is 0 Å². The van der Waals surface area contributed by atoms with Crippen LogP contribution < -0.4 is 5.32 Å². The van der Waals surface area contributed by atoms with Crippen LogP contribution in [0.4, 0.5) is 0 Å². The quantitative estimate of drug-likeness (QED) is 0.599. The first kappa shape index (κ1) is 13.2. The van der Waals surface area contributed by atoms with Crippen molar-refractivity contribution >= 4 is 11.8 Å². The molecule has 0 bridgehead atoms. The average molecular weight is 233 g/mol. The summed E-state index contributed by atoms with van der Waals surface area (Å²) >= 11 is 1.96. The lowest BCUT2D eigenvalue weighted by Gasteiger charge is -2.11. The summed E-state index contributed by atoms with van der Waals surface area (Å²) in [6.45, 7) is 5.99. The van der Waals surface area contributed by atoms with Crippen LogP contribution in [0.5, 0.6) is 0 Å². The number of benzene rings is 1. The molecule has 0 saturated carbocycles. The molecule has 1 atom stereocenters. The molecule has 0 aliphatic heterocycles. The van der Waals surface area contributed by atoms with Crippen LogP contribution in [0.3, 0.4) is 0 Å². The third kappa shape index (κ3) is 5.25.